The molecule has 2 nitrogen and oxygen atoms in total. The fraction of sp³-hybridized carbons (Fsp3) is 0.250. The Morgan fingerprint density at radius 1 is 1.43 bits per heavy atom. The third-order valence-corrected chi connectivity index (χ3v) is 2.09. The molecule has 0 bridgehead atoms. The predicted octanol–water partition coefficient (Wildman–Crippen LogP) is 3.14. The molecular weight excluding hydrogens is 174 g/mol. The first kappa shape index (κ1) is 10.5. The SMILES string of the molecule is C=CCC/C(=N\O)c1ccc(C)cc1. The van der Waals surface area contributed by atoms with Gasteiger partial charge in [-0.05, 0) is 25.3 Å². The molecule has 0 amide bonds. The Kier molecular flexibility index (Phi) is 3.92. The van der Waals surface area contributed by atoms with E-state index in [9.17, 15) is 0 Å². The van der Waals surface area contributed by atoms with Crippen molar-refractivity contribution in [1.82, 2.24) is 0 Å². The molecule has 14 heavy (non-hydrogen) atoms. The summed E-state index contributed by atoms with van der Waals surface area (Å²) in [5, 5.41) is 12.1. The summed E-state index contributed by atoms with van der Waals surface area (Å²) in [6.07, 6.45) is 3.37. The maximum absolute atomic E-state index is 8.83. The molecule has 0 aromatic heterocycles. The lowest BCUT2D eigenvalue weighted by Crippen LogP contribution is -2.00. The van der Waals surface area contributed by atoms with Crippen LogP contribution < -0.4 is 0 Å². The highest BCUT2D eigenvalue weighted by atomic mass is 16.4. The summed E-state index contributed by atoms with van der Waals surface area (Å²) >= 11 is 0. The van der Waals surface area contributed by atoms with Crippen LogP contribution in [0.1, 0.15) is 24.0 Å². The van der Waals surface area contributed by atoms with Gasteiger partial charge in [-0.15, -0.1) is 6.58 Å². The highest BCUT2D eigenvalue weighted by Gasteiger charge is 2.02. The van der Waals surface area contributed by atoms with Gasteiger partial charge < -0.3 is 5.21 Å². The van der Waals surface area contributed by atoms with Gasteiger partial charge in [-0.1, -0.05) is 41.1 Å². The predicted molar refractivity (Wildman–Crippen MR) is 58.9 cm³/mol. The molecule has 0 aliphatic heterocycles. The smallest absolute Gasteiger partial charge is 0.0870 e. The molecule has 1 rings (SSSR count). The third-order valence-electron chi connectivity index (χ3n) is 2.09. The second-order valence-electron chi connectivity index (χ2n) is 3.24. The summed E-state index contributed by atoms with van der Waals surface area (Å²) in [5.74, 6) is 0. The van der Waals surface area contributed by atoms with E-state index in [1.807, 2.05) is 37.3 Å². The van der Waals surface area contributed by atoms with Crippen LogP contribution in [0.2, 0.25) is 0 Å². The molecule has 0 heterocycles. The molecule has 0 saturated carbocycles. The summed E-state index contributed by atoms with van der Waals surface area (Å²) in [6.45, 7) is 5.67. The van der Waals surface area contributed by atoms with Crippen molar-refractivity contribution in [3.05, 3.63) is 48.0 Å². The molecule has 0 spiro atoms. The van der Waals surface area contributed by atoms with Gasteiger partial charge in [0.25, 0.3) is 0 Å². The van der Waals surface area contributed by atoms with Crippen LogP contribution in [-0.2, 0) is 0 Å². The summed E-state index contributed by atoms with van der Waals surface area (Å²) in [7, 11) is 0. The number of oxime groups is 1. The van der Waals surface area contributed by atoms with Crippen LogP contribution in [0.3, 0.4) is 0 Å². The third kappa shape index (κ3) is 2.73. The van der Waals surface area contributed by atoms with E-state index in [0.717, 1.165) is 18.4 Å². The minimum Gasteiger partial charge on any atom is -0.411 e. The fourth-order valence-corrected chi connectivity index (χ4v) is 1.24. The van der Waals surface area contributed by atoms with Crippen molar-refractivity contribution < 1.29 is 5.21 Å². The van der Waals surface area contributed by atoms with Crippen LogP contribution in [0.15, 0.2) is 42.1 Å². The van der Waals surface area contributed by atoms with Crippen LogP contribution in [-0.4, -0.2) is 10.9 Å². The van der Waals surface area contributed by atoms with Gasteiger partial charge in [0.05, 0.1) is 5.71 Å². The number of benzene rings is 1. The van der Waals surface area contributed by atoms with Crippen molar-refractivity contribution in [2.24, 2.45) is 5.16 Å². The lowest BCUT2D eigenvalue weighted by Gasteiger charge is -2.02. The maximum atomic E-state index is 8.83. The first-order valence-electron chi connectivity index (χ1n) is 4.67. The molecule has 0 saturated heterocycles. The van der Waals surface area contributed by atoms with Crippen LogP contribution in [0.25, 0.3) is 0 Å². The van der Waals surface area contributed by atoms with E-state index in [1.54, 1.807) is 0 Å². The van der Waals surface area contributed by atoms with Crippen LogP contribution >= 0.6 is 0 Å². The van der Waals surface area contributed by atoms with Crippen LogP contribution in [0.4, 0.5) is 0 Å². The standard InChI is InChI=1S/C12H15NO/c1-3-4-5-12(13-14)11-8-6-10(2)7-9-11/h3,6-9,14H,1,4-5H2,2H3/b13-12+. The molecule has 0 fully saturated rings. The Hall–Kier alpha value is -1.57. The van der Waals surface area contributed by atoms with E-state index in [1.165, 1.54) is 5.56 Å². The largest absolute Gasteiger partial charge is 0.411 e. The van der Waals surface area contributed by atoms with Gasteiger partial charge in [0.15, 0.2) is 0 Å². The quantitative estimate of drug-likeness (QED) is 0.335. The van der Waals surface area contributed by atoms with E-state index >= 15 is 0 Å². The number of rotatable bonds is 4. The fourth-order valence-electron chi connectivity index (χ4n) is 1.24. The number of aryl methyl sites for hydroxylation is 1. The van der Waals surface area contributed by atoms with Crippen molar-refractivity contribution in [2.45, 2.75) is 19.8 Å². The topological polar surface area (TPSA) is 32.6 Å². The zero-order chi connectivity index (χ0) is 10.4. The van der Waals surface area contributed by atoms with Gasteiger partial charge in [0, 0.05) is 0 Å². The van der Waals surface area contributed by atoms with Crippen molar-refractivity contribution in [3.8, 4) is 0 Å². The molecule has 0 unspecified atom stereocenters. The molecule has 1 aromatic carbocycles. The molecule has 0 aliphatic rings. The van der Waals surface area contributed by atoms with E-state index in [4.69, 9.17) is 5.21 Å². The summed E-state index contributed by atoms with van der Waals surface area (Å²) in [5.41, 5.74) is 2.89. The number of hydrogen-bond acceptors (Lipinski definition) is 2. The first-order chi connectivity index (χ1) is 6.77. The normalized spacial score (nSPS) is 11.4. The average Bonchev–Trinajstić information content (AvgIpc) is 2.21. The summed E-state index contributed by atoms with van der Waals surface area (Å²) in [4.78, 5) is 0. The maximum Gasteiger partial charge on any atom is 0.0870 e. The van der Waals surface area contributed by atoms with Gasteiger partial charge in [-0.2, -0.15) is 0 Å². The molecule has 1 N–H and O–H groups in total. The van der Waals surface area contributed by atoms with Gasteiger partial charge in [0.1, 0.15) is 0 Å². The Bertz CT molecular complexity index is 325. The molecule has 2 heteroatoms. The van der Waals surface area contributed by atoms with Crippen LogP contribution in [0.5, 0.6) is 0 Å². The van der Waals surface area contributed by atoms with Gasteiger partial charge in [0.2, 0.25) is 0 Å². The summed E-state index contributed by atoms with van der Waals surface area (Å²) in [6, 6.07) is 7.95. The van der Waals surface area contributed by atoms with Crippen molar-refractivity contribution in [1.29, 1.82) is 0 Å². The number of nitrogens with zero attached hydrogens (tertiary/aromatic N) is 1. The van der Waals surface area contributed by atoms with Crippen molar-refractivity contribution in [2.75, 3.05) is 0 Å². The minimum absolute atomic E-state index is 0.713. The van der Waals surface area contributed by atoms with Gasteiger partial charge in [-0.25, -0.2) is 0 Å². The average molecular weight is 189 g/mol. The number of allylic oxidation sites excluding steroid dienone is 1. The lowest BCUT2D eigenvalue weighted by atomic mass is 10.0. The molecule has 74 valence electrons. The lowest BCUT2D eigenvalue weighted by molar-refractivity contribution is 0.318. The van der Waals surface area contributed by atoms with E-state index in [0.29, 0.717) is 5.71 Å². The zero-order valence-corrected chi connectivity index (χ0v) is 8.40. The summed E-state index contributed by atoms with van der Waals surface area (Å²) < 4.78 is 0. The van der Waals surface area contributed by atoms with Crippen molar-refractivity contribution >= 4 is 5.71 Å². The van der Waals surface area contributed by atoms with E-state index < -0.39 is 0 Å². The Balaban J connectivity index is 2.79. The number of hydrogen-bond donors (Lipinski definition) is 1. The Labute approximate surface area is 84.6 Å². The highest BCUT2D eigenvalue weighted by Crippen LogP contribution is 2.08. The monoisotopic (exact) mass is 189 g/mol. The van der Waals surface area contributed by atoms with Gasteiger partial charge in [-0.3, -0.25) is 0 Å². The highest BCUT2D eigenvalue weighted by molar-refractivity contribution is 6.00. The molecular formula is C12H15NO. The molecule has 0 atom stereocenters. The van der Waals surface area contributed by atoms with Crippen molar-refractivity contribution in [3.63, 3.8) is 0 Å². The molecule has 0 aliphatic carbocycles. The molecule has 1 aromatic rings. The van der Waals surface area contributed by atoms with E-state index in [2.05, 4.69) is 11.7 Å². The van der Waals surface area contributed by atoms with Gasteiger partial charge >= 0.3 is 0 Å². The minimum atomic E-state index is 0.713. The second-order valence-corrected chi connectivity index (χ2v) is 3.24. The molecule has 0 radical (unpaired) electrons. The zero-order valence-electron chi connectivity index (χ0n) is 8.40. The first-order valence-corrected chi connectivity index (χ1v) is 4.67. The Morgan fingerprint density at radius 2 is 2.07 bits per heavy atom. The second kappa shape index (κ2) is 5.22. The Morgan fingerprint density at radius 3 is 2.57 bits per heavy atom. The van der Waals surface area contributed by atoms with Crippen LogP contribution in [0, 0.1) is 6.92 Å². The van der Waals surface area contributed by atoms with E-state index in [-0.39, 0.29) is 0 Å².